The van der Waals surface area contributed by atoms with E-state index in [-0.39, 0.29) is 11.7 Å². The molecule has 27 heavy (non-hydrogen) atoms. The van der Waals surface area contributed by atoms with Gasteiger partial charge >= 0.3 is 0 Å². The summed E-state index contributed by atoms with van der Waals surface area (Å²) in [6.45, 7) is 0.302. The number of para-hydroxylation sites is 1. The van der Waals surface area contributed by atoms with Gasteiger partial charge in [0.15, 0.2) is 0 Å². The topological polar surface area (TPSA) is 47.6 Å². The van der Waals surface area contributed by atoms with E-state index in [0.717, 1.165) is 22.8 Å². The maximum atomic E-state index is 13.7. The minimum absolute atomic E-state index is 0.0339. The van der Waals surface area contributed by atoms with Crippen LogP contribution in [-0.4, -0.2) is 18.6 Å². The molecule has 4 rings (SSSR count). The molecule has 0 aliphatic carbocycles. The highest BCUT2D eigenvalue weighted by Gasteiger charge is 2.24. The summed E-state index contributed by atoms with van der Waals surface area (Å²) in [5.41, 5.74) is 1.06. The SMILES string of the molecule is O=C(NC[C@H]1Cc2cc(Oc3ccccc3)ccc2O1)c1ccccc1F. The zero-order valence-corrected chi connectivity index (χ0v) is 14.5. The van der Waals surface area contributed by atoms with Gasteiger partial charge < -0.3 is 14.8 Å². The van der Waals surface area contributed by atoms with Crippen LogP contribution in [0.15, 0.2) is 72.8 Å². The van der Waals surface area contributed by atoms with Crippen molar-refractivity contribution in [2.24, 2.45) is 0 Å². The molecule has 1 atom stereocenters. The van der Waals surface area contributed by atoms with Crippen molar-refractivity contribution >= 4 is 5.91 Å². The summed E-state index contributed by atoms with van der Waals surface area (Å²) in [4.78, 5) is 12.1. The summed E-state index contributed by atoms with van der Waals surface area (Å²) in [5.74, 6) is 1.30. The van der Waals surface area contributed by atoms with E-state index in [9.17, 15) is 9.18 Å². The van der Waals surface area contributed by atoms with Crippen molar-refractivity contribution in [1.82, 2.24) is 5.32 Å². The Kier molecular flexibility index (Phi) is 4.75. The Morgan fingerprint density at radius 3 is 2.63 bits per heavy atom. The summed E-state index contributed by atoms with van der Waals surface area (Å²) in [5, 5.41) is 2.74. The molecule has 1 heterocycles. The Bertz CT molecular complexity index is 959. The zero-order valence-electron chi connectivity index (χ0n) is 14.5. The van der Waals surface area contributed by atoms with E-state index in [1.54, 1.807) is 12.1 Å². The number of hydrogen-bond donors (Lipinski definition) is 1. The van der Waals surface area contributed by atoms with Crippen LogP contribution in [0.2, 0.25) is 0 Å². The fourth-order valence-electron chi connectivity index (χ4n) is 3.05. The Labute approximate surface area is 156 Å². The van der Waals surface area contributed by atoms with Crippen LogP contribution in [0.1, 0.15) is 15.9 Å². The molecule has 0 radical (unpaired) electrons. The Morgan fingerprint density at radius 2 is 1.81 bits per heavy atom. The van der Waals surface area contributed by atoms with Crippen molar-refractivity contribution in [1.29, 1.82) is 0 Å². The zero-order chi connectivity index (χ0) is 18.6. The molecule has 5 heteroatoms. The summed E-state index contributed by atoms with van der Waals surface area (Å²) in [7, 11) is 0. The van der Waals surface area contributed by atoms with Gasteiger partial charge in [-0.2, -0.15) is 0 Å². The van der Waals surface area contributed by atoms with Gasteiger partial charge in [0.05, 0.1) is 12.1 Å². The Hall–Kier alpha value is -3.34. The Morgan fingerprint density at radius 1 is 1.04 bits per heavy atom. The van der Waals surface area contributed by atoms with E-state index in [1.807, 2.05) is 48.5 Å². The van der Waals surface area contributed by atoms with Gasteiger partial charge in [-0.1, -0.05) is 30.3 Å². The lowest BCUT2D eigenvalue weighted by Crippen LogP contribution is -2.34. The maximum Gasteiger partial charge on any atom is 0.254 e. The number of hydrogen-bond acceptors (Lipinski definition) is 3. The third kappa shape index (κ3) is 3.92. The highest BCUT2D eigenvalue weighted by Crippen LogP contribution is 2.33. The van der Waals surface area contributed by atoms with E-state index < -0.39 is 11.7 Å². The third-order valence-electron chi connectivity index (χ3n) is 4.36. The fraction of sp³-hybridized carbons (Fsp3) is 0.136. The lowest BCUT2D eigenvalue weighted by Gasteiger charge is -2.12. The second-order valence-corrected chi connectivity index (χ2v) is 6.32. The number of amides is 1. The number of carbonyl (C=O) groups excluding carboxylic acids is 1. The molecule has 0 fully saturated rings. The molecule has 0 saturated carbocycles. The predicted molar refractivity (Wildman–Crippen MR) is 99.8 cm³/mol. The molecule has 0 aromatic heterocycles. The first-order valence-electron chi connectivity index (χ1n) is 8.74. The van der Waals surface area contributed by atoms with Crippen LogP contribution in [0.4, 0.5) is 4.39 Å². The van der Waals surface area contributed by atoms with Crippen LogP contribution in [0.3, 0.4) is 0 Å². The summed E-state index contributed by atoms with van der Waals surface area (Å²) in [6.07, 6.45) is 0.460. The molecule has 0 spiro atoms. The van der Waals surface area contributed by atoms with Crippen LogP contribution in [-0.2, 0) is 6.42 Å². The lowest BCUT2D eigenvalue weighted by molar-refractivity contribution is 0.0929. The second-order valence-electron chi connectivity index (χ2n) is 6.32. The normalized spacial score (nSPS) is 14.9. The van der Waals surface area contributed by atoms with Crippen molar-refractivity contribution < 1.29 is 18.7 Å². The molecule has 3 aromatic carbocycles. The predicted octanol–water partition coefficient (Wildman–Crippen LogP) is 4.35. The van der Waals surface area contributed by atoms with Gasteiger partial charge in [0, 0.05) is 12.0 Å². The highest BCUT2D eigenvalue weighted by molar-refractivity contribution is 5.94. The van der Waals surface area contributed by atoms with E-state index in [4.69, 9.17) is 9.47 Å². The smallest absolute Gasteiger partial charge is 0.254 e. The second kappa shape index (κ2) is 7.50. The molecule has 1 aliphatic rings. The molecular weight excluding hydrogens is 345 g/mol. The fourth-order valence-corrected chi connectivity index (χ4v) is 3.05. The van der Waals surface area contributed by atoms with Gasteiger partial charge in [0.1, 0.15) is 29.2 Å². The molecule has 1 N–H and O–H groups in total. The quantitative estimate of drug-likeness (QED) is 0.733. The summed E-state index contributed by atoms with van der Waals surface area (Å²) >= 11 is 0. The molecule has 0 unspecified atom stereocenters. The largest absolute Gasteiger partial charge is 0.488 e. The molecule has 3 aromatic rings. The first-order valence-corrected chi connectivity index (χ1v) is 8.74. The average Bonchev–Trinajstić information content (AvgIpc) is 3.09. The molecule has 1 aliphatic heterocycles. The van der Waals surface area contributed by atoms with Gasteiger partial charge in [-0.25, -0.2) is 4.39 Å². The van der Waals surface area contributed by atoms with E-state index in [2.05, 4.69) is 5.32 Å². The monoisotopic (exact) mass is 363 g/mol. The third-order valence-corrected chi connectivity index (χ3v) is 4.36. The average molecular weight is 363 g/mol. The van der Waals surface area contributed by atoms with Gasteiger partial charge in [-0.15, -0.1) is 0 Å². The lowest BCUT2D eigenvalue weighted by atomic mass is 10.1. The van der Waals surface area contributed by atoms with Crippen molar-refractivity contribution in [2.75, 3.05) is 6.54 Å². The van der Waals surface area contributed by atoms with Gasteiger partial charge in [0.2, 0.25) is 0 Å². The van der Waals surface area contributed by atoms with E-state index in [0.29, 0.717) is 13.0 Å². The molecule has 136 valence electrons. The molecule has 0 saturated heterocycles. The van der Waals surface area contributed by atoms with Crippen LogP contribution in [0, 0.1) is 5.82 Å². The number of nitrogens with one attached hydrogen (secondary N) is 1. The number of fused-ring (bicyclic) bond motifs is 1. The molecular formula is C22H18FNO3. The molecule has 0 bridgehead atoms. The Balaban J connectivity index is 1.37. The number of ether oxygens (including phenoxy) is 2. The number of benzene rings is 3. The highest BCUT2D eigenvalue weighted by atomic mass is 19.1. The maximum absolute atomic E-state index is 13.7. The van der Waals surface area contributed by atoms with E-state index >= 15 is 0 Å². The van der Waals surface area contributed by atoms with Crippen molar-refractivity contribution in [3.05, 3.63) is 89.7 Å². The van der Waals surface area contributed by atoms with Crippen LogP contribution in [0.25, 0.3) is 0 Å². The van der Waals surface area contributed by atoms with Crippen LogP contribution in [0.5, 0.6) is 17.2 Å². The van der Waals surface area contributed by atoms with Gasteiger partial charge in [0.25, 0.3) is 5.91 Å². The van der Waals surface area contributed by atoms with Gasteiger partial charge in [-0.05, 0) is 42.5 Å². The summed E-state index contributed by atoms with van der Waals surface area (Å²) in [6, 6.07) is 21.1. The van der Waals surface area contributed by atoms with Crippen LogP contribution >= 0.6 is 0 Å². The van der Waals surface area contributed by atoms with Crippen molar-refractivity contribution in [2.45, 2.75) is 12.5 Å². The van der Waals surface area contributed by atoms with Crippen molar-refractivity contribution in [3.63, 3.8) is 0 Å². The van der Waals surface area contributed by atoms with Crippen molar-refractivity contribution in [3.8, 4) is 17.2 Å². The van der Waals surface area contributed by atoms with Crippen LogP contribution < -0.4 is 14.8 Å². The molecule has 4 nitrogen and oxygen atoms in total. The number of carbonyl (C=O) groups is 1. The van der Waals surface area contributed by atoms with Gasteiger partial charge in [-0.3, -0.25) is 4.79 Å². The standard InChI is InChI=1S/C22H18FNO3/c23-20-9-5-4-8-19(20)22(25)24-14-18-13-15-12-17(10-11-21(15)27-18)26-16-6-2-1-3-7-16/h1-12,18H,13-14H2,(H,24,25)/t18-/m1/s1. The minimum Gasteiger partial charge on any atom is -0.488 e. The number of rotatable bonds is 5. The molecule has 1 amide bonds. The first kappa shape index (κ1) is 17.1. The summed E-state index contributed by atoms with van der Waals surface area (Å²) < 4.78 is 25.4. The minimum atomic E-state index is -0.534. The first-order chi connectivity index (χ1) is 13.2. The number of halogens is 1. The van der Waals surface area contributed by atoms with E-state index in [1.165, 1.54) is 12.1 Å².